The van der Waals surface area contributed by atoms with Crippen molar-refractivity contribution >= 4 is 11.3 Å². The summed E-state index contributed by atoms with van der Waals surface area (Å²) in [6.07, 6.45) is 0.922. The van der Waals surface area contributed by atoms with Crippen molar-refractivity contribution in [1.82, 2.24) is 10.3 Å². The number of nitrogens with zero attached hydrogens (tertiary/aromatic N) is 1. The summed E-state index contributed by atoms with van der Waals surface area (Å²) in [5, 5.41) is 3.36. The maximum Gasteiger partial charge on any atom is 0.126 e. The van der Waals surface area contributed by atoms with E-state index >= 15 is 0 Å². The molecule has 0 spiro atoms. The van der Waals surface area contributed by atoms with Gasteiger partial charge in [0.15, 0.2) is 0 Å². The second kappa shape index (κ2) is 7.41. The lowest BCUT2D eigenvalue weighted by molar-refractivity contribution is 0.316. The van der Waals surface area contributed by atoms with Crippen molar-refractivity contribution in [2.45, 2.75) is 33.7 Å². The van der Waals surface area contributed by atoms with Crippen LogP contribution in [0.3, 0.4) is 0 Å². The molecule has 2 rings (SSSR count). The average Bonchev–Trinajstić information content (AvgIpc) is 2.84. The molecule has 0 bridgehead atoms. The molecule has 3 nitrogen and oxygen atoms in total. The summed E-state index contributed by atoms with van der Waals surface area (Å²) in [7, 11) is 0. The Hall–Kier alpha value is -1.39. The lowest BCUT2D eigenvalue weighted by Crippen LogP contribution is -2.14. The molecule has 1 aromatic heterocycles. The Bertz CT molecular complexity index is 551. The Morgan fingerprint density at radius 2 is 2.15 bits per heavy atom. The average molecular weight is 290 g/mol. The third-order valence-corrected chi connectivity index (χ3v) is 4.27. The Morgan fingerprint density at radius 3 is 2.85 bits per heavy atom. The number of nitrogens with one attached hydrogen (secondary N) is 1. The van der Waals surface area contributed by atoms with Crippen LogP contribution in [0.1, 0.15) is 28.6 Å². The van der Waals surface area contributed by atoms with Crippen LogP contribution in [0.5, 0.6) is 5.75 Å². The molecule has 1 heterocycles. The topological polar surface area (TPSA) is 34.1 Å². The molecule has 0 aliphatic rings. The summed E-state index contributed by atoms with van der Waals surface area (Å²) in [5.74, 6) is 1.02. The number of benzene rings is 1. The van der Waals surface area contributed by atoms with E-state index in [-0.39, 0.29) is 0 Å². The number of rotatable bonds is 7. The van der Waals surface area contributed by atoms with E-state index in [1.165, 1.54) is 16.0 Å². The second-order valence-corrected chi connectivity index (χ2v) is 5.74. The fourth-order valence-corrected chi connectivity index (χ4v) is 2.89. The molecule has 0 aliphatic carbocycles. The molecule has 2 aromatic rings. The molecule has 0 amide bonds. The number of thiazole rings is 1. The maximum atomic E-state index is 6.03. The molecule has 20 heavy (non-hydrogen) atoms. The Labute approximate surface area is 125 Å². The molecule has 0 atom stereocenters. The van der Waals surface area contributed by atoms with Crippen molar-refractivity contribution < 1.29 is 4.74 Å². The molecule has 0 saturated heterocycles. The van der Waals surface area contributed by atoms with E-state index in [9.17, 15) is 0 Å². The highest BCUT2D eigenvalue weighted by Gasteiger charge is 2.08. The Kier molecular flexibility index (Phi) is 5.56. The summed E-state index contributed by atoms with van der Waals surface area (Å²) < 4.78 is 6.03. The molecule has 0 saturated carbocycles. The van der Waals surface area contributed by atoms with Gasteiger partial charge >= 0.3 is 0 Å². The number of hydrogen-bond donors (Lipinski definition) is 1. The van der Waals surface area contributed by atoms with Crippen LogP contribution in [0.4, 0.5) is 0 Å². The largest absolute Gasteiger partial charge is 0.493 e. The van der Waals surface area contributed by atoms with Crippen molar-refractivity contribution in [3.8, 4) is 5.75 Å². The minimum Gasteiger partial charge on any atom is -0.493 e. The Morgan fingerprint density at radius 1 is 1.30 bits per heavy atom. The molecule has 1 aromatic carbocycles. The quantitative estimate of drug-likeness (QED) is 0.847. The van der Waals surface area contributed by atoms with E-state index in [2.05, 4.69) is 49.3 Å². The van der Waals surface area contributed by atoms with Gasteiger partial charge in [-0.25, -0.2) is 4.98 Å². The number of ether oxygens (including phenoxy) is 1. The van der Waals surface area contributed by atoms with Crippen LogP contribution in [0, 0.1) is 13.8 Å². The molecule has 0 unspecified atom stereocenters. The SMILES string of the molecule is CCNCc1cccc(C)c1OCCc1scnc1C. The smallest absolute Gasteiger partial charge is 0.126 e. The number of aryl methyl sites for hydroxylation is 2. The van der Waals surface area contributed by atoms with E-state index in [1.54, 1.807) is 11.3 Å². The summed E-state index contributed by atoms with van der Waals surface area (Å²) >= 11 is 1.70. The highest BCUT2D eigenvalue weighted by Crippen LogP contribution is 2.24. The second-order valence-electron chi connectivity index (χ2n) is 4.80. The number of aromatic nitrogens is 1. The number of para-hydroxylation sites is 1. The van der Waals surface area contributed by atoms with Gasteiger partial charge in [0.1, 0.15) is 5.75 Å². The van der Waals surface area contributed by atoms with Gasteiger partial charge < -0.3 is 10.1 Å². The van der Waals surface area contributed by atoms with Gasteiger partial charge in [0.25, 0.3) is 0 Å². The number of hydrogen-bond acceptors (Lipinski definition) is 4. The van der Waals surface area contributed by atoms with Crippen LogP contribution in [-0.2, 0) is 13.0 Å². The predicted octanol–water partition coefficient (Wildman–Crippen LogP) is 3.49. The van der Waals surface area contributed by atoms with Crippen LogP contribution in [0.15, 0.2) is 23.7 Å². The van der Waals surface area contributed by atoms with Gasteiger partial charge in [-0.05, 0) is 26.0 Å². The zero-order chi connectivity index (χ0) is 14.4. The normalized spacial score (nSPS) is 10.8. The van der Waals surface area contributed by atoms with Crippen LogP contribution < -0.4 is 10.1 Å². The van der Waals surface area contributed by atoms with Crippen molar-refractivity contribution in [2.24, 2.45) is 0 Å². The van der Waals surface area contributed by atoms with E-state index in [1.807, 2.05) is 5.51 Å². The van der Waals surface area contributed by atoms with Gasteiger partial charge in [0, 0.05) is 23.4 Å². The monoisotopic (exact) mass is 290 g/mol. The third-order valence-electron chi connectivity index (χ3n) is 3.28. The third kappa shape index (κ3) is 3.81. The minimum absolute atomic E-state index is 0.701. The fraction of sp³-hybridized carbons (Fsp3) is 0.438. The highest BCUT2D eigenvalue weighted by molar-refractivity contribution is 7.09. The molecule has 1 N–H and O–H groups in total. The lowest BCUT2D eigenvalue weighted by Gasteiger charge is -2.14. The maximum absolute atomic E-state index is 6.03. The molecule has 0 fully saturated rings. The summed E-state index contributed by atoms with van der Waals surface area (Å²) in [4.78, 5) is 5.58. The van der Waals surface area contributed by atoms with Crippen LogP contribution >= 0.6 is 11.3 Å². The standard InChI is InChI=1S/C16H22N2OS/c1-4-17-10-14-7-5-6-12(2)16(14)19-9-8-15-13(3)18-11-20-15/h5-7,11,17H,4,8-10H2,1-3H3. The van der Waals surface area contributed by atoms with E-state index in [0.29, 0.717) is 6.61 Å². The van der Waals surface area contributed by atoms with E-state index in [4.69, 9.17) is 4.74 Å². The van der Waals surface area contributed by atoms with Gasteiger partial charge in [-0.15, -0.1) is 11.3 Å². The summed E-state index contributed by atoms with van der Waals surface area (Å²) in [5.41, 5.74) is 5.44. The molecule has 0 radical (unpaired) electrons. The van der Waals surface area contributed by atoms with Crippen molar-refractivity contribution in [3.63, 3.8) is 0 Å². The minimum atomic E-state index is 0.701. The molecule has 108 valence electrons. The van der Waals surface area contributed by atoms with Crippen molar-refractivity contribution in [1.29, 1.82) is 0 Å². The molecule has 0 aliphatic heterocycles. The van der Waals surface area contributed by atoms with E-state index in [0.717, 1.165) is 31.0 Å². The van der Waals surface area contributed by atoms with Gasteiger partial charge in [0.05, 0.1) is 17.8 Å². The first-order chi connectivity index (χ1) is 9.72. The predicted molar refractivity (Wildman–Crippen MR) is 84.6 cm³/mol. The first kappa shape index (κ1) is 15.0. The van der Waals surface area contributed by atoms with Crippen molar-refractivity contribution in [2.75, 3.05) is 13.2 Å². The first-order valence-electron chi connectivity index (χ1n) is 7.03. The molecular weight excluding hydrogens is 268 g/mol. The zero-order valence-corrected chi connectivity index (χ0v) is 13.2. The van der Waals surface area contributed by atoms with Gasteiger partial charge in [-0.3, -0.25) is 0 Å². The first-order valence-corrected chi connectivity index (χ1v) is 7.91. The van der Waals surface area contributed by atoms with Gasteiger partial charge in [-0.1, -0.05) is 25.1 Å². The fourth-order valence-electron chi connectivity index (χ4n) is 2.13. The molecular formula is C16H22N2OS. The lowest BCUT2D eigenvalue weighted by atomic mass is 10.1. The van der Waals surface area contributed by atoms with Gasteiger partial charge in [0.2, 0.25) is 0 Å². The van der Waals surface area contributed by atoms with Crippen molar-refractivity contribution in [3.05, 3.63) is 45.4 Å². The Balaban J connectivity index is 1.99. The highest BCUT2D eigenvalue weighted by atomic mass is 32.1. The zero-order valence-electron chi connectivity index (χ0n) is 12.4. The van der Waals surface area contributed by atoms with Crippen LogP contribution in [0.25, 0.3) is 0 Å². The summed E-state index contributed by atoms with van der Waals surface area (Å²) in [6, 6.07) is 6.31. The van der Waals surface area contributed by atoms with E-state index < -0.39 is 0 Å². The summed E-state index contributed by atoms with van der Waals surface area (Å²) in [6.45, 7) is 8.79. The van der Waals surface area contributed by atoms with Crippen LogP contribution in [-0.4, -0.2) is 18.1 Å². The molecule has 4 heteroatoms. The van der Waals surface area contributed by atoms with Crippen LogP contribution in [0.2, 0.25) is 0 Å². The van der Waals surface area contributed by atoms with Gasteiger partial charge in [-0.2, -0.15) is 0 Å².